The van der Waals surface area contributed by atoms with Crippen LogP contribution in [-0.2, 0) is 14.2 Å². The fraction of sp³-hybridized carbons (Fsp3) is 0.667. The Kier molecular flexibility index (Phi) is 3.24. The topological polar surface area (TPSA) is 103 Å². The Bertz CT molecular complexity index is 668. The first-order chi connectivity index (χ1) is 9.82. The van der Waals surface area contributed by atoms with Crippen LogP contribution in [0.4, 0.5) is 4.39 Å². The number of nitrogens with one attached hydrogen (secondary N) is 1. The van der Waals surface area contributed by atoms with Crippen LogP contribution in [0, 0.1) is 5.82 Å². The lowest BCUT2D eigenvalue weighted by Gasteiger charge is -2.24. The van der Waals surface area contributed by atoms with E-state index in [1.54, 1.807) is 13.8 Å². The molecule has 3 rings (SSSR count). The van der Waals surface area contributed by atoms with E-state index >= 15 is 0 Å². The molecule has 2 saturated heterocycles. The van der Waals surface area contributed by atoms with E-state index in [9.17, 15) is 19.1 Å². The summed E-state index contributed by atoms with van der Waals surface area (Å²) in [6.07, 6.45) is -2.22. The highest BCUT2D eigenvalue weighted by molar-refractivity contribution is 4.99. The molecule has 21 heavy (non-hydrogen) atoms. The van der Waals surface area contributed by atoms with Gasteiger partial charge in [-0.2, -0.15) is 4.39 Å². The maximum absolute atomic E-state index is 13.4. The number of aliphatic hydroxyl groups excluding tert-OH is 1. The van der Waals surface area contributed by atoms with Gasteiger partial charge in [-0.3, -0.25) is 14.3 Å². The number of halogens is 1. The molecule has 0 unspecified atom stereocenters. The van der Waals surface area contributed by atoms with E-state index in [0.29, 0.717) is 0 Å². The smallest absolute Gasteiger partial charge is 0.330 e. The van der Waals surface area contributed by atoms with E-state index in [4.69, 9.17) is 14.2 Å². The van der Waals surface area contributed by atoms with Crippen LogP contribution in [0.5, 0.6) is 0 Å². The third-order valence-electron chi connectivity index (χ3n) is 3.50. The standard InChI is InChI=1S/C12H15FN2O6/c1-12(2)20-7-6(4-16)19-10(8(7)21-12)15-3-5(13)9(17)14-11(15)18/h3,6-8,10,16H,4H2,1-2H3,(H,14,17,18)/t6-,7+,8+,10+/m1/s1. The van der Waals surface area contributed by atoms with Crippen LogP contribution < -0.4 is 11.2 Å². The molecule has 8 nitrogen and oxygen atoms in total. The number of nitrogens with zero attached hydrogens (tertiary/aromatic N) is 1. The summed E-state index contributed by atoms with van der Waals surface area (Å²) in [6, 6.07) is 0. The summed E-state index contributed by atoms with van der Waals surface area (Å²) in [5.41, 5.74) is -1.93. The number of aromatic amines is 1. The number of H-pyrrole nitrogens is 1. The van der Waals surface area contributed by atoms with Crippen LogP contribution in [0.25, 0.3) is 0 Å². The Labute approximate surface area is 118 Å². The van der Waals surface area contributed by atoms with Gasteiger partial charge in [0, 0.05) is 0 Å². The molecule has 4 atom stereocenters. The molecule has 2 N–H and O–H groups in total. The highest BCUT2D eigenvalue weighted by Gasteiger charge is 2.55. The molecule has 0 aliphatic carbocycles. The molecule has 0 saturated carbocycles. The maximum Gasteiger partial charge on any atom is 0.330 e. The summed E-state index contributed by atoms with van der Waals surface area (Å²) >= 11 is 0. The normalized spacial score (nSPS) is 34.1. The van der Waals surface area contributed by atoms with Crippen molar-refractivity contribution < 1.29 is 23.7 Å². The number of hydrogen-bond acceptors (Lipinski definition) is 6. The number of aliphatic hydroxyl groups is 1. The average Bonchev–Trinajstić information content (AvgIpc) is 2.87. The molecule has 0 bridgehead atoms. The van der Waals surface area contributed by atoms with Gasteiger partial charge in [0.05, 0.1) is 12.8 Å². The highest BCUT2D eigenvalue weighted by Crippen LogP contribution is 2.42. The first kappa shape index (κ1) is 14.4. The van der Waals surface area contributed by atoms with E-state index in [1.807, 2.05) is 4.98 Å². The first-order valence-corrected chi connectivity index (χ1v) is 6.45. The Hall–Kier alpha value is -1.55. The van der Waals surface area contributed by atoms with Crippen LogP contribution in [0.2, 0.25) is 0 Å². The Morgan fingerprint density at radius 2 is 2.05 bits per heavy atom. The molecule has 3 heterocycles. The van der Waals surface area contributed by atoms with Gasteiger partial charge in [-0.25, -0.2) is 4.79 Å². The van der Waals surface area contributed by atoms with Gasteiger partial charge in [-0.15, -0.1) is 0 Å². The molecule has 116 valence electrons. The molecule has 1 aromatic rings. The molecule has 2 aliphatic rings. The largest absolute Gasteiger partial charge is 0.394 e. The zero-order valence-electron chi connectivity index (χ0n) is 11.4. The second-order valence-electron chi connectivity index (χ2n) is 5.46. The summed E-state index contributed by atoms with van der Waals surface area (Å²) in [4.78, 5) is 24.8. The highest BCUT2D eigenvalue weighted by atomic mass is 19.1. The molecule has 2 aliphatic heterocycles. The summed E-state index contributed by atoms with van der Waals surface area (Å²) in [6.45, 7) is 3.04. The SMILES string of the molecule is CC1(C)O[C@@H]2[C@H](O1)[C@@H](n1cc(F)c(=O)[nH]c1=O)O[C@@H]2CO. The summed E-state index contributed by atoms with van der Waals surface area (Å²) in [7, 11) is 0. The zero-order chi connectivity index (χ0) is 15.4. The van der Waals surface area contributed by atoms with Crippen molar-refractivity contribution in [2.45, 2.75) is 44.2 Å². The van der Waals surface area contributed by atoms with Gasteiger partial charge < -0.3 is 19.3 Å². The molecular formula is C12H15FN2O6. The second-order valence-corrected chi connectivity index (χ2v) is 5.46. The van der Waals surface area contributed by atoms with Crippen LogP contribution in [0.1, 0.15) is 20.1 Å². The lowest BCUT2D eigenvalue weighted by atomic mass is 10.1. The fourth-order valence-electron chi connectivity index (χ4n) is 2.68. The Morgan fingerprint density at radius 1 is 1.38 bits per heavy atom. The van der Waals surface area contributed by atoms with E-state index in [2.05, 4.69) is 0 Å². The summed E-state index contributed by atoms with van der Waals surface area (Å²) in [5, 5.41) is 9.34. The molecule has 0 aromatic carbocycles. The Balaban J connectivity index is 2.01. The van der Waals surface area contributed by atoms with Crippen LogP contribution in [-0.4, -0.2) is 45.4 Å². The van der Waals surface area contributed by atoms with Crippen molar-refractivity contribution in [3.05, 3.63) is 32.9 Å². The van der Waals surface area contributed by atoms with Gasteiger partial charge in [0.1, 0.15) is 18.3 Å². The van der Waals surface area contributed by atoms with Crippen LogP contribution in [0.3, 0.4) is 0 Å². The van der Waals surface area contributed by atoms with E-state index in [0.717, 1.165) is 10.8 Å². The molecule has 1 aromatic heterocycles. The van der Waals surface area contributed by atoms with Gasteiger partial charge >= 0.3 is 5.69 Å². The van der Waals surface area contributed by atoms with E-state index in [1.165, 1.54) is 0 Å². The molecule has 0 radical (unpaired) electrons. The number of hydrogen-bond donors (Lipinski definition) is 2. The molecule has 9 heteroatoms. The lowest BCUT2D eigenvalue weighted by Crippen LogP contribution is -2.38. The predicted molar refractivity (Wildman–Crippen MR) is 66.1 cm³/mol. The van der Waals surface area contributed by atoms with Crippen molar-refractivity contribution >= 4 is 0 Å². The molecular weight excluding hydrogens is 287 g/mol. The Morgan fingerprint density at radius 3 is 2.71 bits per heavy atom. The fourth-order valence-corrected chi connectivity index (χ4v) is 2.68. The quantitative estimate of drug-likeness (QED) is 0.733. The summed E-state index contributed by atoms with van der Waals surface area (Å²) < 4.78 is 31.1. The van der Waals surface area contributed by atoms with Crippen LogP contribution in [0.15, 0.2) is 15.8 Å². The first-order valence-electron chi connectivity index (χ1n) is 6.45. The number of rotatable bonds is 2. The van der Waals surface area contributed by atoms with E-state index < -0.39 is 47.4 Å². The minimum atomic E-state index is -1.11. The number of fused-ring (bicyclic) bond motifs is 1. The minimum Gasteiger partial charge on any atom is -0.394 e. The van der Waals surface area contributed by atoms with Crippen molar-refractivity contribution in [2.75, 3.05) is 6.61 Å². The third kappa shape index (κ3) is 2.31. The van der Waals surface area contributed by atoms with Crippen LogP contribution >= 0.6 is 0 Å². The monoisotopic (exact) mass is 302 g/mol. The van der Waals surface area contributed by atoms with Gasteiger partial charge in [-0.05, 0) is 13.8 Å². The van der Waals surface area contributed by atoms with E-state index in [-0.39, 0.29) is 6.61 Å². The molecule has 2 fully saturated rings. The summed E-state index contributed by atoms with van der Waals surface area (Å²) in [5.74, 6) is -2.02. The predicted octanol–water partition coefficient (Wildman–Crippen LogP) is -0.914. The number of aromatic nitrogens is 2. The van der Waals surface area contributed by atoms with Gasteiger partial charge in [0.2, 0.25) is 5.82 Å². The van der Waals surface area contributed by atoms with Gasteiger partial charge in [-0.1, -0.05) is 0 Å². The lowest BCUT2D eigenvalue weighted by molar-refractivity contribution is -0.200. The van der Waals surface area contributed by atoms with Crippen molar-refractivity contribution in [1.82, 2.24) is 9.55 Å². The van der Waals surface area contributed by atoms with Crippen molar-refractivity contribution in [2.24, 2.45) is 0 Å². The van der Waals surface area contributed by atoms with Crippen molar-refractivity contribution in [3.8, 4) is 0 Å². The molecule has 0 spiro atoms. The van der Waals surface area contributed by atoms with Crippen molar-refractivity contribution in [1.29, 1.82) is 0 Å². The molecule has 0 amide bonds. The van der Waals surface area contributed by atoms with Gasteiger partial charge in [0.25, 0.3) is 5.56 Å². The zero-order valence-corrected chi connectivity index (χ0v) is 11.4. The second kappa shape index (κ2) is 4.73. The maximum atomic E-state index is 13.4. The minimum absolute atomic E-state index is 0.336. The van der Waals surface area contributed by atoms with Gasteiger partial charge in [0.15, 0.2) is 12.0 Å². The third-order valence-corrected chi connectivity index (χ3v) is 3.50. The number of ether oxygens (including phenoxy) is 3. The average molecular weight is 302 g/mol. The van der Waals surface area contributed by atoms with Crippen molar-refractivity contribution in [3.63, 3.8) is 0 Å².